The number of benzene rings is 2. The molecule has 6 heteroatoms. The largest absolute Gasteiger partial charge is 0.508 e. The maximum absolute atomic E-state index is 9.85. The maximum Gasteiger partial charge on any atom is 0.210 e. The molecular weight excluding hydrogens is 286 g/mol. The molecule has 0 aliphatic heterocycles. The van der Waals surface area contributed by atoms with Gasteiger partial charge in [-0.15, -0.1) is 10.2 Å². The predicted octanol–water partition coefficient (Wildman–Crippen LogP) is 3.67. The Hall–Kier alpha value is -2.60. The van der Waals surface area contributed by atoms with Gasteiger partial charge in [0.05, 0.1) is 5.56 Å². The van der Waals surface area contributed by atoms with Crippen molar-refractivity contribution in [1.29, 1.82) is 0 Å². The summed E-state index contributed by atoms with van der Waals surface area (Å²) in [6.45, 7) is 2.01. The first-order chi connectivity index (χ1) is 10.1. The van der Waals surface area contributed by atoms with Crippen LogP contribution >= 0.6 is 11.3 Å². The molecule has 0 atom stereocenters. The van der Waals surface area contributed by atoms with E-state index in [-0.39, 0.29) is 11.5 Å². The second-order valence-electron chi connectivity index (χ2n) is 4.55. The van der Waals surface area contributed by atoms with Crippen LogP contribution in [0.15, 0.2) is 42.5 Å². The summed E-state index contributed by atoms with van der Waals surface area (Å²) >= 11 is 1.33. The summed E-state index contributed by atoms with van der Waals surface area (Å²) in [6.07, 6.45) is 0. The van der Waals surface area contributed by atoms with Crippen molar-refractivity contribution < 1.29 is 10.2 Å². The van der Waals surface area contributed by atoms with E-state index in [1.807, 2.05) is 31.2 Å². The van der Waals surface area contributed by atoms with Crippen LogP contribution in [0.3, 0.4) is 0 Å². The average Bonchev–Trinajstić information content (AvgIpc) is 2.90. The van der Waals surface area contributed by atoms with Crippen molar-refractivity contribution in [1.82, 2.24) is 10.2 Å². The Kier molecular flexibility index (Phi) is 3.45. The molecule has 0 fully saturated rings. The quantitative estimate of drug-likeness (QED) is 0.688. The molecule has 0 bridgehead atoms. The molecule has 3 aromatic rings. The summed E-state index contributed by atoms with van der Waals surface area (Å²) in [4.78, 5) is 0. The fourth-order valence-corrected chi connectivity index (χ4v) is 2.70. The molecule has 1 heterocycles. The van der Waals surface area contributed by atoms with Crippen LogP contribution in [-0.2, 0) is 0 Å². The van der Waals surface area contributed by atoms with Gasteiger partial charge >= 0.3 is 0 Å². The third-order valence-electron chi connectivity index (χ3n) is 3.02. The van der Waals surface area contributed by atoms with Crippen molar-refractivity contribution in [2.24, 2.45) is 0 Å². The number of aromatic nitrogens is 2. The Bertz CT molecular complexity index is 786. The second kappa shape index (κ2) is 5.41. The summed E-state index contributed by atoms with van der Waals surface area (Å²) < 4.78 is 0. The molecule has 3 rings (SSSR count). The Labute approximate surface area is 125 Å². The predicted molar refractivity (Wildman–Crippen MR) is 83.1 cm³/mol. The molecule has 2 aromatic carbocycles. The highest BCUT2D eigenvalue weighted by Gasteiger charge is 2.11. The molecule has 0 aliphatic rings. The van der Waals surface area contributed by atoms with Gasteiger partial charge < -0.3 is 15.5 Å². The summed E-state index contributed by atoms with van der Waals surface area (Å²) in [7, 11) is 0. The lowest BCUT2D eigenvalue weighted by molar-refractivity contribution is 0.452. The smallest absolute Gasteiger partial charge is 0.210 e. The van der Waals surface area contributed by atoms with Gasteiger partial charge in [-0.25, -0.2) is 0 Å². The highest BCUT2D eigenvalue weighted by atomic mass is 32.1. The third kappa shape index (κ3) is 2.80. The van der Waals surface area contributed by atoms with E-state index in [1.165, 1.54) is 23.5 Å². The summed E-state index contributed by atoms with van der Waals surface area (Å²) in [5.41, 5.74) is 2.62. The van der Waals surface area contributed by atoms with Crippen molar-refractivity contribution in [2.45, 2.75) is 6.92 Å². The highest BCUT2D eigenvalue weighted by Crippen LogP contribution is 2.35. The van der Waals surface area contributed by atoms with Crippen LogP contribution in [0.5, 0.6) is 11.5 Å². The Balaban J connectivity index is 1.88. The number of nitrogens with zero attached hydrogens (tertiary/aromatic N) is 2. The van der Waals surface area contributed by atoms with Gasteiger partial charge in [-0.3, -0.25) is 0 Å². The van der Waals surface area contributed by atoms with E-state index in [0.29, 0.717) is 15.7 Å². The zero-order valence-corrected chi connectivity index (χ0v) is 12.1. The topological polar surface area (TPSA) is 78.3 Å². The van der Waals surface area contributed by atoms with Gasteiger partial charge in [-0.2, -0.15) is 0 Å². The lowest BCUT2D eigenvalue weighted by Crippen LogP contribution is -1.91. The van der Waals surface area contributed by atoms with Crippen LogP contribution in [0.25, 0.3) is 10.6 Å². The zero-order chi connectivity index (χ0) is 14.8. The Morgan fingerprint density at radius 1 is 1.05 bits per heavy atom. The van der Waals surface area contributed by atoms with E-state index in [2.05, 4.69) is 15.5 Å². The van der Waals surface area contributed by atoms with Gasteiger partial charge in [0.15, 0.2) is 5.01 Å². The molecule has 1 aromatic heterocycles. The lowest BCUT2D eigenvalue weighted by Gasteiger charge is -2.04. The van der Waals surface area contributed by atoms with Gasteiger partial charge in [0.25, 0.3) is 0 Å². The molecule has 21 heavy (non-hydrogen) atoms. The highest BCUT2D eigenvalue weighted by molar-refractivity contribution is 7.18. The molecule has 106 valence electrons. The Morgan fingerprint density at radius 3 is 2.62 bits per heavy atom. The molecule has 0 aliphatic carbocycles. The number of para-hydroxylation sites is 1. The number of anilines is 2. The summed E-state index contributed by atoms with van der Waals surface area (Å²) in [5, 5.41) is 31.7. The molecule has 0 radical (unpaired) electrons. The van der Waals surface area contributed by atoms with Crippen molar-refractivity contribution in [2.75, 3.05) is 5.32 Å². The maximum atomic E-state index is 9.85. The van der Waals surface area contributed by atoms with Crippen LogP contribution in [0.2, 0.25) is 0 Å². The first-order valence-corrected chi connectivity index (χ1v) is 7.13. The second-order valence-corrected chi connectivity index (χ2v) is 5.53. The number of hydrogen-bond acceptors (Lipinski definition) is 6. The van der Waals surface area contributed by atoms with Gasteiger partial charge in [-0.1, -0.05) is 29.5 Å². The minimum Gasteiger partial charge on any atom is -0.508 e. The molecule has 0 unspecified atom stereocenters. The van der Waals surface area contributed by atoms with E-state index >= 15 is 0 Å². The molecule has 0 spiro atoms. The molecule has 3 N–H and O–H groups in total. The van der Waals surface area contributed by atoms with Crippen LogP contribution in [-0.4, -0.2) is 20.4 Å². The zero-order valence-electron chi connectivity index (χ0n) is 11.2. The normalized spacial score (nSPS) is 10.5. The average molecular weight is 299 g/mol. The van der Waals surface area contributed by atoms with Gasteiger partial charge in [0.1, 0.15) is 11.5 Å². The molecule has 5 nitrogen and oxygen atoms in total. The van der Waals surface area contributed by atoms with E-state index in [0.717, 1.165) is 11.3 Å². The fourth-order valence-electron chi connectivity index (χ4n) is 1.91. The van der Waals surface area contributed by atoms with Crippen molar-refractivity contribution in [3.8, 4) is 22.1 Å². The summed E-state index contributed by atoms with van der Waals surface area (Å²) in [5.74, 6) is -0.00684. The van der Waals surface area contributed by atoms with Crippen LogP contribution < -0.4 is 5.32 Å². The Morgan fingerprint density at radius 2 is 1.86 bits per heavy atom. The molecule has 0 amide bonds. The standard InChI is InChI=1S/C15H13N3O2S/c1-9-4-2-3-5-12(9)16-15-18-17-14(21-15)11-7-6-10(19)8-13(11)20/h2-8,19-20H,1H3,(H,16,18). The van der Waals surface area contributed by atoms with Crippen molar-refractivity contribution in [3.63, 3.8) is 0 Å². The van der Waals surface area contributed by atoms with E-state index < -0.39 is 0 Å². The van der Waals surface area contributed by atoms with Gasteiger partial charge in [0.2, 0.25) is 5.13 Å². The number of rotatable bonds is 3. The number of phenolic OH excluding ortho intramolecular Hbond substituents is 2. The third-order valence-corrected chi connectivity index (χ3v) is 3.90. The monoisotopic (exact) mass is 299 g/mol. The molecule has 0 saturated carbocycles. The summed E-state index contributed by atoms with van der Waals surface area (Å²) in [6, 6.07) is 12.3. The van der Waals surface area contributed by atoms with E-state index in [4.69, 9.17) is 0 Å². The minimum atomic E-state index is -0.0198. The van der Waals surface area contributed by atoms with Gasteiger partial charge in [-0.05, 0) is 30.7 Å². The molecular formula is C15H13N3O2S. The SMILES string of the molecule is Cc1ccccc1Nc1nnc(-c2ccc(O)cc2O)s1. The van der Waals surface area contributed by atoms with Crippen molar-refractivity contribution >= 4 is 22.2 Å². The fraction of sp³-hybridized carbons (Fsp3) is 0.0667. The first kappa shape index (κ1) is 13.4. The lowest BCUT2D eigenvalue weighted by atomic mass is 10.2. The number of hydrogen-bond donors (Lipinski definition) is 3. The number of phenols is 2. The van der Waals surface area contributed by atoms with Crippen LogP contribution in [0, 0.1) is 6.92 Å². The number of aryl methyl sites for hydroxylation is 1. The van der Waals surface area contributed by atoms with Crippen LogP contribution in [0.4, 0.5) is 10.8 Å². The first-order valence-electron chi connectivity index (χ1n) is 6.32. The van der Waals surface area contributed by atoms with E-state index in [9.17, 15) is 10.2 Å². The van der Waals surface area contributed by atoms with E-state index in [1.54, 1.807) is 6.07 Å². The number of aromatic hydroxyl groups is 2. The van der Waals surface area contributed by atoms with Crippen LogP contribution in [0.1, 0.15) is 5.56 Å². The van der Waals surface area contributed by atoms with Gasteiger partial charge in [0, 0.05) is 11.8 Å². The number of nitrogens with one attached hydrogen (secondary N) is 1. The van der Waals surface area contributed by atoms with Crippen molar-refractivity contribution in [3.05, 3.63) is 48.0 Å². The molecule has 0 saturated heterocycles. The minimum absolute atomic E-state index is 0.0130.